The Morgan fingerprint density at radius 2 is 2.38 bits per heavy atom. The van der Waals surface area contributed by atoms with Crippen molar-refractivity contribution in [3.63, 3.8) is 0 Å². The summed E-state index contributed by atoms with van der Waals surface area (Å²) in [6.07, 6.45) is 0. The SMILES string of the molecule is Cc1cscc1CNC(=O)C1CNCC1C. The van der Waals surface area contributed by atoms with E-state index in [1.54, 1.807) is 11.3 Å². The van der Waals surface area contributed by atoms with E-state index >= 15 is 0 Å². The van der Waals surface area contributed by atoms with Gasteiger partial charge in [0, 0.05) is 13.1 Å². The highest BCUT2D eigenvalue weighted by atomic mass is 32.1. The number of carbonyl (C=O) groups is 1. The lowest BCUT2D eigenvalue weighted by atomic mass is 9.97. The number of hydrogen-bond donors (Lipinski definition) is 2. The Bertz CT molecular complexity index is 375. The summed E-state index contributed by atoms with van der Waals surface area (Å²) in [6.45, 7) is 6.64. The third kappa shape index (κ3) is 2.44. The van der Waals surface area contributed by atoms with Gasteiger partial charge < -0.3 is 10.6 Å². The molecule has 0 radical (unpaired) electrons. The first-order valence-corrected chi connectivity index (χ1v) is 6.63. The fourth-order valence-electron chi connectivity index (χ4n) is 2.04. The molecule has 88 valence electrons. The topological polar surface area (TPSA) is 41.1 Å². The van der Waals surface area contributed by atoms with Gasteiger partial charge in [-0.15, -0.1) is 0 Å². The smallest absolute Gasteiger partial charge is 0.224 e. The van der Waals surface area contributed by atoms with Crippen LogP contribution in [0.15, 0.2) is 10.8 Å². The normalized spacial score (nSPS) is 24.6. The lowest BCUT2D eigenvalue weighted by molar-refractivity contribution is -0.125. The highest BCUT2D eigenvalue weighted by Crippen LogP contribution is 2.17. The zero-order valence-corrected chi connectivity index (χ0v) is 10.6. The van der Waals surface area contributed by atoms with Crippen LogP contribution in [0.4, 0.5) is 0 Å². The van der Waals surface area contributed by atoms with Crippen molar-refractivity contribution < 1.29 is 4.79 Å². The van der Waals surface area contributed by atoms with Crippen molar-refractivity contribution in [1.29, 1.82) is 0 Å². The third-order valence-corrected chi connectivity index (χ3v) is 4.18. The molecule has 1 amide bonds. The van der Waals surface area contributed by atoms with Gasteiger partial charge in [0.15, 0.2) is 0 Å². The molecule has 1 saturated heterocycles. The van der Waals surface area contributed by atoms with Gasteiger partial charge in [0.25, 0.3) is 0 Å². The summed E-state index contributed by atoms with van der Waals surface area (Å²) >= 11 is 1.69. The number of amides is 1. The molecule has 0 saturated carbocycles. The number of rotatable bonds is 3. The Morgan fingerprint density at radius 3 is 2.94 bits per heavy atom. The molecule has 1 aliphatic rings. The van der Waals surface area contributed by atoms with Crippen LogP contribution in [-0.4, -0.2) is 19.0 Å². The first kappa shape index (κ1) is 11.6. The Balaban J connectivity index is 1.86. The average Bonchev–Trinajstić information content (AvgIpc) is 2.84. The number of nitrogens with one attached hydrogen (secondary N) is 2. The van der Waals surface area contributed by atoms with Crippen molar-refractivity contribution in [1.82, 2.24) is 10.6 Å². The summed E-state index contributed by atoms with van der Waals surface area (Å²) in [6, 6.07) is 0. The van der Waals surface area contributed by atoms with Gasteiger partial charge in [-0.3, -0.25) is 4.79 Å². The summed E-state index contributed by atoms with van der Waals surface area (Å²) in [5.41, 5.74) is 2.50. The van der Waals surface area contributed by atoms with Crippen molar-refractivity contribution in [2.24, 2.45) is 11.8 Å². The van der Waals surface area contributed by atoms with E-state index in [4.69, 9.17) is 0 Å². The second-order valence-electron chi connectivity index (χ2n) is 4.54. The molecule has 2 rings (SSSR count). The quantitative estimate of drug-likeness (QED) is 0.838. The van der Waals surface area contributed by atoms with E-state index in [0.717, 1.165) is 13.1 Å². The fraction of sp³-hybridized carbons (Fsp3) is 0.583. The van der Waals surface area contributed by atoms with Gasteiger partial charge in [0.2, 0.25) is 5.91 Å². The maximum atomic E-state index is 11.9. The number of aryl methyl sites for hydroxylation is 1. The van der Waals surface area contributed by atoms with Crippen molar-refractivity contribution in [2.45, 2.75) is 20.4 Å². The number of thiophene rings is 1. The first-order valence-electron chi connectivity index (χ1n) is 5.68. The molecule has 1 aromatic rings. The van der Waals surface area contributed by atoms with Gasteiger partial charge in [0.1, 0.15) is 0 Å². The van der Waals surface area contributed by atoms with Gasteiger partial charge in [-0.1, -0.05) is 6.92 Å². The minimum Gasteiger partial charge on any atom is -0.352 e. The van der Waals surface area contributed by atoms with Crippen molar-refractivity contribution in [3.05, 3.63) is 21.9 Å². The largest absolute Gasteiger partial charge is 0.352 e. The van der Waals surface area contributed by atoms with E-state index in [9.17, 15) is 4.79 Å². The summed E-state index contributed by atoms with van der Waals surface area (Å²) in [7, 11) is 0. The molecule has 2 heterocycles. The molecule has 1 aliphatic heterocycles. The van der Waals surface area contributed by atoms with Gasteiger partial charge in [-0.25, -0.2) is 0 Å². The van der Waals surface area contributed by atoms with E-state index in [0.29, 0.717) is 12.5 Å². The molecular formula is C12H18N2OS. The predicted octanol–water partition coefficient (Wildman–Crippen LogP) is 1.53. The Morgan fingerprint density at radius 1 is 1.56 bits per heavy atom. The third-order valence-electron chi connectivity index (χ3n) is 3.27. The summed E-state index contributed by atoms with van der Waals surface area (Å²) in [4.78, 5) is 11.9. The summed E-state index contributed by atoms with van der Waals surface area (Å²) < 4.78 is 0. The molecule has 2 atom stereocenters. The molecule has 0 aliphatic carbocycles. The van der Waals surface area contributed by atoms with E-state index in [1.165, 1.54) is 11.1 Å². The second kappa shape index (κ2) is 4.97. The van der Waals surface area contributed by atoms with Crippen LogP contribution in [0.25, 0.3) is 0 Å². The molecule has 1 aromatic heterocycles. The van der Waals surface area contributed by atoms with Gasteiger partial charge >= 0.3 is 0 Å². The van der Waals surface area contributed by atoms with E-state index < -0.39 is 0 Å². The van der Waals surface area contributed by atoms with Crippen LogP contribution in [0.2, 0.25) is 0 Å². The highest BCUT2D eigenvalue weighted by Gasteiger charge is 2.29. The number of hydrogen-bond acceptors (Lipinski definition) is 3. The highest BCUT2D eigenvalue weighted by molar-refractivity contribution is 7.08. The summed E-state index contributed by atoms with van der Waals surface area (Å²) in [5.74, 6) is 0.769. The summed E-state index contributed by atoms with van der Waals surface area (Å²) in [5, 5.41) is 10.5. The minimum atomic E-state index is 0.138. The maximum Gasteiger partial charge on any atom is 0.224 e. The number of carbonyl (C=O) groups excluding carboxylic acids is 1. The van der Waals surface area contributed by atoms with E-state index in [-0.39, 0.29) is 11.8 Å². The molecule has 0 bridgehead atoms. The van der Waals surface area contributed by atoms with Crippen LogP contribution < -0.4 is 10.6 Å². The van der Waals surface area contributed by atoms with Gasteiger partial charge in [0.05, 0.1) is 5.92 Å². The maximum absolute atomic E-state index is 11.9. The van der Waals surface area contributed by atoms with Crippen molar-refractivity contribution >= 4 is 17.2 Å². The molecule has 4 heteroatoms. The average molecular weight is 238 g/mol. The lowest BCUT2D eigenvalue weighted by Gasteiger charge is -2.14. The van der Waals surface area contributed by atoms with Crippen LogP contribution >= 0.6 is 11.3 Å². The van der Waals surface area contributed by atoms with E-state index in [1.807, 2.05) is 0 Å². The van der Waals surface area contributed by atoms with Crippen molar-refractivity contribution in [2.75, 3.05) is 13.1 Å². The van der Waals surface area contributed by atoms with Crippen LogP contribution in [0.5, 0.6) is 0 Å². The molecule has 2 N–H and O–H groups in total. The molecule has 0 aromatic carbocycles. The van der Waals surface area contributed by atoms with Crippen LogP contribution in [0.3, 0.4) is 0 Å². The Hall–Kier alpha value is -0.870. The molecular weight excluding hydrogens is 220 g/mol. The zero-order chi connectivity index (χ0) is 11.5. The molecule has 2 unspecified atom stereocenters. The van der Waals surface area contributed by atoms with Crippen molar-refractivity contribution in [3.8, 4) is 0 Å². The Labute approximate surface area is 100 Å². The second-order valence-corrected chi connectivity index (χ2v) is 5.28. The molecule has 16 heavy (non-hydrogen) atoms. The Kier molecular flexibility index (Phi) is 3.61. The van der Waals surface area contributed by atoms with Crippen LogP contribution in [0.1, 0.15) is 18.1 Å². The zero-order valence-electron chi connectivity index (χ0n) is 9.75. The molecule has 1 fully saturated rings. The van der Waals surface area contributed by atoms with E-state index in [2.05, 4.69) is 35.2 Å². The predicted molar refractivity (Wildman–Crippen MR) is 66.4 cm³/mol. The lowest BCUT2D eigenvalue weighted by Crippen LogP contribution is -2.33. The van der Waals surface area contributed by atoms with Crippen LogP contribution in [-0.2, 0) is 11.3 Å². The first-order chi connectivity index (χ1) is 7.68. The standard InChI is InChI=1S/C12H18N2OS/c1-8-3-13-5-11(8)12(15)14-4-10-7-16-6-9(10)2/h6-8,11,13H,3-5H2,1-2H3,(H,14,15). The molecule has 0 spiro atoms. The molecule has 3 nitrogen and oxygen atoms in total. The van der Waals surface area contributed by atoms with Gasteiger partial charge in [-0.2, -0.15) is 11.3 Å². The minimum absolute atomic E-state index is 0.138. The fourth-order valence-corrected chi connectivity index (χ4v) is 2.90. The monoisotopic (exact) mass is 238 g/mol. The van der Waals surface area contributed by atoms with Gasteiger partial charge in [-0.05, 0) is 41.3 Å². The van der Waals surface area contributed by atoms with Crippen LogP contribution in [0, 0.1) is 18.8 Å².